The Morgan fingerprint density at radius 1 is 1.00 bits per heavy atom. The van der Waals surface area contributed by atoms with E-state index in [0.29, 0.717) is 37.2 Å². The molecule has 2 N–H and O–H groups in total. The fourth-order valence-corrected chi connectivity index (χ4v) is 4.01. The Labute approximate surface area is 176 Å². The maximum atomic E-state index is 13.0. The van der Waals surface area contributed by atoms with Gasteiger partial charge in [-0.15, -0.1) is 0 Å². The minimum Gasteiger partial charge on any atom is -0.366 e. The number of amides is 2. The maximum Gasteiger partial charge on any atom is 0.416 e. The van der Waals surface area contributed by atoms with Gasteiger partial charge in [0.15, 0.2) is 0 Å². The number of likely N-dealkylation sites (tertiary alicyclic amines) is 1. The van der Waals surface area contributed by atoms with Crippen LogP contribution in [0, 0.1) is 0 Å². The van der Waals surface area contributed by atoms with Crippen LogP contribution >= 0.6 is 0 Å². The van der Waals surface area contributed by atoms with E-state index in [1.165, 1.54) is 17.0 Å². The molecule has 1 aliphatic heterocycles. The molecule has 0 unspecified atom stereocenters. The SMILES string of the molecule is NC(=O)c1cc2ccccc2nc1C1CCN(C(=O)c2cccc(C(F)(F)F)c2)CC1. The highest BCUT2D eigenvalue weighted by molar-refractivity contribution is 5.98. The van der Waals surface area contributed by atoms with Gasteiger partial charge in [-0.1, -0.05) is 24.3 Å². The third-order valence-electron chi connectivity index (χ3n) is 5.62. The number of fused-ring (bicyclic) bond motifs is 1. The van der Waals surface area contributed by atoms with Gasteiger partial charge in [-0.2, -0.15) is 13.2 Å². The van der Waals surface area contributed by atoms with Crippen LogP contribution in [0.3, 0.4) is 0 Å². The molecule has 0 bridgehead atoms. The van der Waals surface area contributed by atoms with Crippen molar-refractivity contribution in [3.8, 4) is 0 Å². The number of halogens is 3. The third-order valence-corrected chi connectivity index (χ3v) is 5.62. The van der Waals surface area contributed by atoms with Gasteiger partial charge < -0.3 is 10.6 Å². The Morgan fingerprint density at radius 3 is 2.39 bits per heavy atom. The van der Waals surface area contributed by atoms with E-state index in [1.807, 2.05) is 24.3 Å². The summed E-state index contributed by atoms with van der Waals surface area (Å²) in [4.78, 5) is 30.9. The Hall–Kier alpha value is -3.42. The Bertz CT molecular complexity index is 1150. The lowest BCUT2D eigenvalue weighted by Crippen LogP contribution is -2.38. The number of nitrogens with zero attached hydrogens (tertiary/aromatic N) is 2. The van der Waals surface area contributed by atoms with Crippen molar-refractivity contribution in [3.05, 3.63) is 77.0 Å². The van der Waals surface area contributed by atoms with Crippen LogP contribution in [0.4, 0.5) is 13.2 Å². The van der Waals surface area contributed by atoms with E-state index in [1.54, 1.807) is 6.07 Å². The van der Waals surface area contributed by atoms with E-state index in [4.69, 9.17) is 5.73 Å². The second-order valence-corrected chi connectivity index (χ2v) is 7.62. The van der Waals surface area contributed by atoms with E-state index in [2.05, 4.69) is 4.98 Å². The second kappa shape index (κ2) is 8.02. The van der Waals surface area contributed by atoms with Gasteiger partial charge in [0, 0.05) is 30.0 Å². The largest absolute Gasteiger partial charge is 0.416 e. The highest BCUT2D eigenvalue weighted by Crippen LogP contribution is 2.33. The van der Waals surface area contributed by atoms with Crippen molar-refractivity contribution >= 4 is 22.7 Å². The molecular formula is C23H20F3N3O2. The van der Waals surface area contributed by atoms with E-state index in [9.17, 15) is 22.8 Å². The number of alkyl halides is 3. The van der Waals surface area contributed by atoms with Crippen molar-refractivity contribution in [2.45, 2.75) is 24.9 Å². The van der Waals surface area contributed by atoms with Crippen LogP contribution in [0.25, 0.3) is 10.9 Å². The molecule has 0 spiro atoms. The first-order valence-electron chi connectivity index (χ1n) is 9.90. The van der Waals surface area contributed by atoms with Gasteiger partial charge in [-0.25, -0.2) is 0 Å². The first-order valence-corrected chi connectivity index (χ1v) is 9.90. The average Bonchev–Trinajstić information content (AvgIpc) is 2.77. The maximum absolute atomic E-state index is 13.0. The molecule has 31 heavy (non-hydrogen) atoms. The Balaban J connectivity index is 1.53. The van der Waals surface area contributed by atoms with Crippen molar-refractivity contribution in [2.24, 2.45) is 5.73 Å². The number of benzene rings is 2. The Morgan fingerprint density at radius 2 is 1.71 bits per heavy atom. The zero-order chi connectivity index (χ0) is 22.2. The minimum atomic E-state index is -4.50. The number of para-hydroxylation sites is 1. The molecule has 2 heterocycles. The number of piperidine rings is 1. The minimum absolute atomic E-state index is 0.00919. The van der Waals surface area contributed by atoms with Gasteiger partial charge >= 0.3 is 6.18 Å². The highest BCUT2D eigenvalue weighted by atomic mass is 19.4. The number of hydrogen-bond acceptors (Lipinski definition) is 3. The number of carbonyl (C=O) groups excluding carboxylic acids is 2. The smallest absolute Gasteiger partial charge is 0.366 e. The van der Waals surface area contributed by atoms with Crippen LogP contribution in [0.5, 0.6) is 0 Å². The molecule has 5 nitrogen and oxygen atoms in total. The van der Waals surface area contributed by atoms with E-state index in [0.717, 1.165) is 23.0 Å². The lowest BCUT2D eigenvalue weighted by atomic mass is 9.89. The summed E-state index contributed by atoms with van der Waals surface area (Å²) in [6.07, 6.45) is -3.43. The molecule has 3 aromatic rings. The molecule has 0 radical (unpaired) electrons. The molecule has 1 fully saturated rings. The van der Waals surface area contributed by atoms with Gasteiger partial charge in [0.1, 0.15) is 0 Å². The number of carbonyl (C=O) groups is 2. The topological polar surface area (TPSA) is 76.3 Å². The Kier molecular flexibility index (Phi) is 5.39. The summed E-state index contributed by atoms with van der Waals surface area (Å²) in [6.45, 7) is 0.707. The van der Waals surface area contributed by atoms with E-state index >= 15 is 0 Å². The van der Waals surface area contributed by atoms with Crippen LogP contribution in [-0.4, -0.2) is 34.8 Å². The molecule has 1 aromatic heterocycles. The van der Waals surface area contributed by atoms with Crippen LogP contribution in [-0.2, 0) is 6.18 Å². The molecular weight excluding hydrogens is 407 g/mol. The summed E-state index contributed by atoms with van der Waals surface area (Å²) in [5.41, 5.74) is 6.47. The molecule has 2 amide bonds. The van der Waals surface area contributed by atoms with Crippen molar-refractivity contribution < 1.29 is 22.8 Å². The molecule has 1 aliphatic rings. The molecule has 160 valence electrons. The van der Waals surface area contributed by atoms with Gasteiger partial charge in [0.05, 0.1) is 22.3 Å². The zero-order valence-electron chi connectivity index (χ0n) is 16.5. The quantitative estimate of drug-likeness (QED) is 0.674. The summed E-state index contributed by atoms with van der Waals surface area (Å²) in [5.74, 6) is -1.07. The molecule has 0 atom stereocenters. The lowest BCUT2D eigenvalue weighted by molar-refractivity contribution is -0.137. The normalized spacial score (nSPS) is 15.3. The fraction of sp³-hybridized carbons (Fsp3) is 0.261. The summed E-state index contributed by atoms with van der Waals surface area (Å²) in [5, 5.41) is 0.817. The molecule has 2 aromatic carbocycles. The van der Waals surface area contributed by atoms with Gasteiger partial charge in [0.25, 0.3) is 11.8 Å². The van der Waals surface area contributed by atoms with Gasteiger partial charge in [-0.3, -0.25) is 14.6 Å². The summed E-state index contributed by atoms with van der Waals surface area (Å²) in [7, 11) is 0. The van der Waals surface area contributed by atoms with Gasteiger partial charge in [0.2, 0.25) is 0 Å². The number of primary amides is 1. The summed E-state index contributed by atoms with van der Waals surface area (Å²) in [6, 6.07) is 13.6. The number of aromatic nitrogens is 1. The molecule has 8 heteroatoms. The van der Waals surface area contributed by atoms with Crippen molar-refractivity contribution in [1.82, 2.24) is 9.88 Å². The van der Waals surface area contributed by atoms with Crippen molar-refractivity contribution in [3.63, 3.8) is 0 Å². The fourth-order valence-electron chi connectivity index (χ4n) is 4.01. The molecule has 4 rings (SSSR count). The number of hydrogen-bond donors (Lipinski definition) is 1. The molecule has 1 saturated heterocycles. The van der Waals surface area contributed by atoms with E-state index < -0.39 is 23.6 Å². The van der Waals surface area contributed by atoms with Crippen LogP contribution in [0.15, 0.2) is 54.6 Å². The van der Waals surface area contributed by atoms with Crippen LogP contribution in [0.2, 0.25) is 0 Å². The number of nitrogens with two attached hydrogens (primary N) is 1. The van der Waals surface area contributed by atoms with Crippen molar-refractivity contribution in [2.75, 3.05) is 13.1 Å². The third kappa shape index (κ3) is 4.23. The monoisotopic (exact) mass is 427 g/mol. The standard InChI is InChI=1S/C23H20F3N3O2/c24-23(25,26)17-6-3-5-16(12-17)22(31)29-10-8-14(9-11-29)20-18(21(27)30)13-15-4-1-2-7-19(15)28-20/h1-7,12-14H,8-11H2,(H2,27,30). The summed E-state index contributed by atoms with van der Waals surface area (Å²) >= 11 is 0. The van der Waals surface area contributed by atoms with E-state index in [-0.39, 0.29) is 11.5 Å². The highest BCUT2D eigenvalue weighted by Gasteiger charge is 2.32. The first kappa shape index (κ1) is 20.8. The summed E-state index contributed by atoms with van der Waals surface area (Å²) < 4.78 is 38.9. The average molecular weight is 427 g/mol. The first-order chi connectivity index (χ1) is 14.7. The van der Waals surface area contributed by atoms with Gasteiger partial charge in [-0.05, 0) is 43.2 Å². The molecule has 0 saturated carbocycles. The number of rotatable bonds is 3. The second-order valence-electron chi connectivity index (χ2n) is 7.62. The predicted molar refractivity (Wildman–Crippen MR) is 110 cm³/mol. The van der Waals surface area contributed by atoms with Crippen LogP contribution < -0.4 is 5.73 Å². The molecule has 0 aliphatic carbocycles. The lowest BCUT2D eigenvalue weighted by Gasteiger charge is -2.32. The zero-order valence-corrected chi connectivity index (χ0v) is 16.5. The number of pyridine rings is 1. The predicted octanol–water partition coefficient (Wildman–Crippen LogP) is 4.37. The van der Waals surface area contributed by atoms with Crippen LogP contribution in [0.1, 0.15) is 50.7 Å². The van der Waals surface area contributed by atoms with Crippen molar-refractivity contribution in [1.29, 1.82) is 0 Å².